The maximum atomic E-state index is 12.6. The highest BCUT2D eigenvalue weighted by Crippen LogP contribution is 2.27. The maximum absolute atomic E-state index is 12.6. The molecule has 32 heavy (non-hydrogen) atoms. The van der Waals surface area contributed by atoms with Gasteiger partial charge in [-0.15, -0.1) is 0 Å². The van der Waals surface area contributed by atoms with Crippen LogP contribution in [0.3, 0.4) is 0 Å². The van der Waals surface area contributed by atoms with Crippen LogP contribution in [0.5, 0.6) is 5.75 Å². The number of nitrogens with zero attached hydrogens (tertiary/aromatic N) is 1. The fourth-order valence-corrected chi connectivity index (χ4v) is 3.48. The molecule has 0 bridgehead atoms. The van der Waals surface area contributed by atoms with Gasteiger partial charge in [0.1, 0.15) is 5.75 Å². The molecule has 0 aliphatic heterocycles. The summed E-state index contributed by atoms with van der Waals surface area (Å²) in [6, 6.07) is 14.8. The summed E-state index contributed by atoms with van der Waals surface area (Å²) in [5, 5.41) is 24.4. The Morgan fingerprint density at radius 2 is 1.78 bits per heavy atom. The van der Waals surface area contributed by atoms with E-state index in [0.29, 0.717) is 11.3 Å². The summed E-state index contributed by atoms with van der Waals surface area (Å²) in [6.45, 7) is 3.63. The summed E-state index contributed by atoms with van der Waals surface area (Å²) in [4.78, 5) is 36.4. The number of hydrogen-bond acceptors (Lipinski definition) is 4. The number of carboxylic acid groups (broad SMARTS) is 1. The normalized spacial score (nSPS) is 11.6. The van der Waals surface area contributed by atoms with Crippen LogP contribution in [-0.4, -0.2) is 26.8 Å². The SMILES string of the molecule is Cc1ccccc1-c1cccc(C(CC(=O)O)NC(=O)Nc2c(O)cc(C)n(C)c2=O)c1. The van der Waals surface area contributed by atoms with Gasteiger partial charge in [0.05, 0.1) is 12.5 Å². The van der Waals surface area contributed by atoms with Crippen molar-refractivity contribution in [2.45, 2.75) is 26.3 Å². The third-order valence-electron chi connectivity index (χ3n) is 5.32. The molecule has 1 heterocycles. The molecule has 3 rings (SSSR count). The van der Waals surface area contributed by atoms with Crippen molar-refractivity contribution in [3.05, 3.63) is 81.8 Å². The molecule has 0 saturated carbocycles. The highest BCUT2D eigenvalue weighted by molar-refractivity contribution is 5.91. The van der Waals surface area contributed by atoms with Crippen LogP contribution >= 0.6 is 0 Å². The van der Waals surface area contributed by atoms with Crippen molar-refractivity contribution in [3.8, 4) is 16.9 Å². The topological polar surface area (TPSA) is 121 Å². The summed E-state index contributed by atoms with van der Waals surface area (Å²) in [7, 11) is 1.52. The number of nitrogens with one attached hydrogen (secondary N) is 2. The Hall–Kier alpha value is -4.07. The van der Waals surface area contributed by atoms with E-state index in [1.165, 1.54) is 17.7 Å². The molecule has 8 heteroatoms. The minimum atomic E-state index is -1.09. The number of benzene rings is 2. The number of rotatable bonds is 6. The van der Waals surface area contributed by atoms with E-state index < -0.39 is 23.6 Å². The number of aromatic hydroxyl groups is 1. The van der Waals surface area contributed by atoms with E-state index in [9.17, 15) is 24.6 Å². The van der Waals surface area contributed by atoms with Gasteiger partial charge in [-0.1, -0.05) is 42.5 Å². The first-order chi connectivity index (χ1) is 15.2. The third-order valence-corrected chi connectivity index (χ3v) is 5.32. The molecule has 2 amide bonds. The fraction of sp³-hybridized carbons (Fsp3) is 0.208. The summed E-state index contributed by atoms with van der Waals surface area (Å²) < 4.78 is 1.29. The summed E-state index contributed by atoms with van der Waals surface area (Å²) in [5.74, 6) is -1.46. The number of aliphatic carboxylic acids is 1. The lowest BCUT2D eigenvalue weighted by atomic mass is 9.95. The Labute approximate surface area is 185 Å². The number of pyridine rings is 1. The molecule has 0 fully saturated rings. The second-order valence-electron chi connectivity index (χ2n) is 7.60. The number of urea groups is 1. The molecule has 8 nitrogen and oxygen atoms in total. The third kappa shape index (κ3) is 4.97. The minimum Gasteiger partial charge on any atom is -0.505 e. The Morgan fingerprint density at radius 1 is 1.06 bits per heavy atom. The molecule has 2 aromatic carbocycles. The van der Waals surface area contributed by atoms with E-state index in [-0.39, 0.29) is 17.9 Å². The zero-order valence-electron chi connectivity index (χ0n) is 18.0. The van der Waals surface area contributed by atoms with Gasteiger partial charge in [0.2, 0.25) is 0 Å². The van der Waals surface area contributed by atoms with Gasteiger partial charge in [-0.25, -0.2) is 4.79 Å². The molecule has 0 aliphatic carbocycles. The monoisotopic (exact) mass is 435 g/mol. The van der Waals surface area contributed by atoms with E-state index in [4.69, 9.17) is 0 Å². The lowest BCUT2D eigenvalue weighted by molar-refractivity contribution is -0.137. The van der Waals surface area contributed by atoms with Gasteiger partial charge in [-0.3, -0.25) is 9.59 Å². The Kier molecular flexibility index (Phi) is 6.63. The second-order valence-corrected chi connectivity index (χ2v) is 7.60. The van der Waals surface area contributed by atoms with E-state index in [1.807, 2.05) is 43.3 Å². The standard InChI is InChI=1S/C24H25N3O5/c1-14-7-4-5-10-18(14)16-8-6-9-17(12-16)19(13-21(29)30)25-24(32)26-22-20(28)11-15(2)27(3)23(22)31/h4-12,19,28H,13H2,1-3H3,(H,29,30)(H2,25,26,32). The van der Waals surface area contributed by atoms with Gasteiger partial charge in [0.15, 0.2) is 5.69 Å². The number of aryl methyl sites for hydroxylation is 2. The van der Waals surface area contributed by atoms with Gasteiger partial charge >= 0.3 is 12.0 Å². The Balaban J connectivity index is 1.89. The molecule has 0 saturated heterocycles. The van der Waals surface area contributed by atoms with Crippen LogP contribution in [0.25, 0.3) is 11.1 Å². The fourth-order valence-electron chi connectivity index (χ4n) is 3.48. The van der Waals surface area contributed by atoms with Crippen molar-refractivity contribution >= 4 is 17.7 Å². The lowest BCUT2D eigenvalue weighted by Gasteiger charge is -2.19. The molecule has 4 N–H and O–H groups in total. The van der Waals surface area contributed by atoms with Gasteiger partial charge in [-0.2, -0.15) is 0 Å². The first-order valence-corrected chi connectivity index (χ1v) is 10.0. The molecule has 0 radical (unpaired) electrons. The number of amides is 2. The van der Waals surface area contributed by atoms with Crippen molar-refractivity contribution in [1.82, 2.24) is 9.88 Å². The number of carboxylic acids is 1. The van der Waals surface area contributed by atoms with E-state index in [2.05, 4.69) is 10.6 Å². The molecular weight excluding hydrogens is 410 g/mol. The molecule has 3 aromatic rings. The van der Waals surface area contributed by atoms with E-state index in [0.717, 1.165) is 16.7 Å². The zero-order chi connectivity index (χ0) is 23.4. The van der Waals surface area contributed by atoms with E-state index >= 15 is 0 Å². The average Bonchev–Trinajstić information content (AvgIpc) is 2.75. The van der Waals surface area contributed by atoms with Crippen molar-refractivity contribution in [2.75, 3.05) is 5.32 Å². The molecule has 1 aromatic heterocycles. The summed E-state index contributed by atoms with van der Waals surface area (Å²) in [5.41, 5.74) is 3.23. The number of hydrogen-bond donors (Lipinski definition) is 4. The molecule has 0 aliphatic rings. The molecular formula is C24H25N3O5. The Bertz CT molecular complexity index is 1230. The van der Waals surface area contributed by atoms with Crippen LogP contribution in [0.4, 0.5) is 10.5 Å². The van der Waals surface area contributed by atoms with Crippen molar-refractivity contribution in [2.24, 2.45) is 7.05 Å². The summed E-state index contributed by atoms with van der Waals surface area (Å²) in [6.07, 6.45) is -0.359. The highest BCUT2D eigenvalue weighted by Gasteiger charge is 2.21. The number of carbonyl (C=O) groups is 2. The van der Waals surface area contributed by atoms with E-state index in [1.54, 1.807) is 19.1 Å². The van der Waals surface area contributed by atoms with Crippen molar-refractivity contribution in [3.63, 3.8) is 0 Å². The minimum absolute atomic E-state index is 0.279. The van der Waals surface area contributed by atoms with Gasteiger partial charge < -0.3 is 25.4 Å². The first kappa shape index (κ1) is 22.6. The second kappa shape index (κ2) is 9.38. The number of aromatic nitrogens is 1. The van der Waals surface area contributed by atoms with Crippen LogP contribution in [0.2, 0.25) is 0 Å². The predicted molar refractivity (Wildman–Crippen MR) is 122 cm³/mol. The summed E-state index contributed by atoms with van der Waals surface area (Å²) >= 11 is 0. The zero-order valence-corrected chi connectivity index (χ0v) is 18.0. The van der Waals surface area contributed by atoms with Crippen molar-refractivity contribution in [1.29, 1.82) is 0 Å². The number of carbonyl (C=O) groups excluding carboxylic acids is 1. The quantitative estimate of drug-likeness (QED) is 0.470. The van der Waals surface area contributed by atoms with Crippen molar-refractivity contribution < 1.29 is 19.8 Å². The lowest BCUT2D eigenvalue weighted by Crippen LogP contribution is -2.36. The Morgan fingerprint density at radius 3 is 2.47 bits per heavy atom. The van der Waals surface area contributed by atoms with Crippen LogP contribution in [0, 0.1) is 13.8 Å². The van der Waals surface area contributed by atoms with Crippen LogP contribution in [-0.2, 0) is 11.8 Å². The molecule has 1 unspecified atom stereocenters. The smallest absolute Gasteiger partial charge is 0.319 e. The molecule has 0 spiro atoms. The number of anilines is 1. The first-order valence-electron chi connectivity index (χ1n) is 10.0. The molecule has 1 atom stereocenters. The largest absolute Gasteiger partial charge is 0.505 e. The van der Waals surface area contributed by atoms with Gasteiger partial charge in [-0.05, 0) is 42.2 Å². The average molecular weight is 435 g/mol. The maximum Gasteiger partial charge on any atom is 0.319 e. The van der Waals surface area contributed by atoms with Gasteiger partial charge in [0, 0.05) is 18.8 Å². The van der Waals surface area contributed by atoms with Crippen LogP contribution in [0.15, 0.2) is 59.4 Å². The van der Waals surface area contributed by atoms with Gasteiger partial charge in [0.25, 0.3) is 5.56 Å². The highest BCUT2D eigenvalue weighted by atomic mass is 16.4. The molecule has 166 valence electrons. The predicted octanol–water partition coefficient (Wildman–Crippen LogP) is 3.71. The van der Waals surface area contributed by atoms with Crippen LogP contribution < -0.4 is 16.2 Å². The van der Waals surface area contributed by atoms with Crippen LogP contribution in [0.1, 0.15) is 29.3 Å².